The minimum Gasteiger partial charge on any atom is -0.331 e. The van der Waals surface area contributed by atoms with Crippen LogP contribution >= 0.6 is 11.6 Å². The highest BCUT2D eigenvalue weighted by atomic mass is 35.5. The summed E-state index contributed by atoms with van der Waals surface area (Å²) >= 11 is 6.19. The summed E-state index contributed by atoms with van der Waals surface area (Å²) in [5, 5.41) is 0.612. The fraction of sp³-hybridized carbons (Fsp3) is 0.300. The van der Waals surface area contributed by atoms with Gasteiger partial charge in [0.25, 0.3) is 0 Å². The lowest BCUT2D eigenvalue weighted by Crippen LogP contribution is -2.58. The standard InChI is InChI=1S/C20H21ClN2O2/c1-15-20(25)22(12-11-16-7-3-2-4-8-16)14-19(24)23(15)13-17-9-5-6-10-18(17)21/h2-10,15H,11-14H2,1H3/t15-/m0/s1. The molecule has 2 amide bonds. The maximum absolute atomic E-state index is 12.7. The summed E-state index contributed by atoms with van der Waals surface area (Å²) in [6, 6.07) is 16.9. The van der Waals surface area contributed by atoms with Crippen molar-refractivity contribution in [3.05, 3.63) is 70.7 Å². The molecule has 0 aliphatic carbocycles. The molecule has 1 saturated heterocycles. The van der Waals surface area contributed by atoms with Crippen molar-refractivity contribution in [3.8, 4) is 0 Å². The fourth-order valence-corrected chi connectivity index (χ4v) is 3.27. The largest absolute Gasteiger partial charge is 0.331 e. The highest BCUT2D eigenvalue weighted by Gasteiger charge is 2.36. The molecule has 130 valence electrons. The Bertz CT molecular complexity index is 763. The average molecular weight is 357 g/mol. The summed E-state index contributed by atoms with van der Waals surface area (Å²) in [5.41, 5.74) is 2.02. The Morgan fingerprint density at radius 2 is 1.72 bits per heavy atom. The molecule has 4 nitrogen and oxygen atoms in total. The summed E-state index contributed by atoms with van der Waals surface area (Å²) in [7, 11) is 0. The molecule has 0 N–H and O–H groups in total. The second-order valence-corrected chi connectivity index (χ2v) is 6.69. The Hall–Kier alpha value is -2.33. The van der Waals surface area contributed by atoms with Crippen molar-refractivity contribution in [3.63, 3.8) is 0 Å². The smallest absolute Gasteiger partial charge is 0.245 e. The zero-order valence-corrected chi connectivity index (χ0v) is 14.9. The average Bonchev–Trinajstić information content (AvgIpc) is 2.63. The van der Waals surface area contributed by atoms with Crippen molar-refractivity contribution in [1.82, 2.24) is 9.80 Å². The molecule has 3 rings (SSSR count). The lowest BCUT2D eigenvalue weighted by Gasteiger charge is -2.39. The van der Waals surface area contributed by atoms with E-state index in [0.29, 0.717) is 18.1 Å². The van der Waals surface area contributed by atoms with E-state index in [1.807, 2.05) is 48.5 Å². The number of benzene rings is 2. The van der Waals surface area contributed by atoms with E-state index in [-0.39, 0.29) is 18.4 Å². The van der Waals surface area contributed by atoms with Crippen LogP contribution in [0.3, 0.4) is 0 Å². The maximum Gasteiger partial charge on any atom is 0.245 e. The predicted octanol–water partition coefficient (Wildman–Crippen LogP) is 3.14. The molecule has 1 aliphatic heterocycles. The fourth-order valence-electron chi connectivity index (χ4n) is 3.08. The molecule has 1 atom stereocenters. The number of nitrogens with zero attached hydrogens (tertiary/aromatic N) is 2. The maximum atomic E-state index is 12.7. The van der Waals surface area contributed by atoms with E-state index in [0.717, 1.165) is 17.5 Å². The third-order valence-electron chi connectivity index (χ3n) is 4.59. The Balaban J connectivity index is 1.66. The SMILES string of the molecule is C[C@H]1C(=O)N(CCc2ccccc2)CC(=O)N1Cc1ccccc1Cl. The minimum absolute atomic E-state index is 0.0115. The van der Waals surface area contributed by atoms with Crippen LogP contribution in [0.15, 0.2) is 54.6 Å². The zero-order valence-electron chi connectivity index (χ0n) is 14.2. The van der Waals surface area contributed by atoms with Gasteiger partial charge < -0.3 is 9.80 Å². The molecule has 1 heterocycles. The molecule has 5 heteroatoms. The first-order valence-electron chi connectivity index (χ1n) is 8.42. The molecule has 1 aliphatic rings. The van der Waals surface area contributed by atoms with Crippen LogP contribution in [0, 0.1) is 0 Å². The molecule has 0 saturated carbocycles. The summed E-state index contributed by atoms with van der Waals surface area (Å²) in [5.74, 6) is -0.0531. The van der Waals surface area contributed by atoms with Crippen LogP contribution in [-0.4, -0.2) is 40.7 Å². The lowest BCUT2D eigenvalue weighted by atomic mass is 10.1. The van der Waals surface area contributed by atoms with Gasteiger partial charge in [-0.15, -0.1) is 0 Å². The number of carbonyl (C=O) groups is 2. The first-order chi connectivity index (χ1) is 12.1. The van der Waals surface area contributed by atoms with E-state index in [1.54, 1.807) is 22.8 Å². The molecule has 0 spiro atoms. The van der Waals surface area contributed by atoms with Gasteiger partial charge >= 0.3 is 0 Å². The normalized spacial score (nSPS) is 17.9. The molecule has 0 unspecified atom stereocenters. The quantitative estimate of drug-likeness (QED) is 0.825. The molecule has 1 fully saturated rings. The van der Waals surface area contributed by atoms with Crippen molar-refractivity contribution in [2.24, 2.45) is 0 Å². The number of carbonyl (C=O) groups excluding carboxylic acids is 2. The topological polar surface area (TPSA) is 40.6 Å². The third kappa shape index (κ3) is 4.02. The number of hydrogen-bond acceptors (Lipinski definition) is 2. The summed E-state index contributed by atoms with van der Waals surface area (Å²) in [6.45, 7) is 2.82. The van der Waals surface area contributed by atoms with Crippen molar-refractivity contribution in [1.29, 1.82) is 0 Å². The van der Waals surface area contributed by atoms with Crippen LogP contribution in [0.4, 0.5) is 0 Å². The second kappa shape index (κ2) is 7.70. The van der Waals surface area contributed by atoms with E-state index in [4.69, 9.17) is 11.6 Å². The van der Waals surface area contributed by atoms with Gasteiger partial charge in [-0.25, -0.2) is 0 Å². The Kier molecular flexibility index (Phi) is 5.39. The van der Waals surface area contributed by atoms with Crippen molar-refractivity contribution >= 4 is 23.4 Å². The zero-order chi connectivity index (χ0) is 17.8. The molecule has 0 aromatic heterocycles. The van der Waals surface area contributed by atoms with Gasteiger partial charge in [0.2, 0.25) is 11.8 Å². The number of hydrogen-bond donors (Lipinski definition) is 0. The molecule has 2 aromatic carbocycles. The highest BCUT2D eigenvalue weighted by molar-refractivity contribution is 6.31. The Morgan fingerprint density at radius 1 is 1.04 bits per heavy atom. The van der Waals surface area contributed by atoms with Gasteiger partial charge in [0.05, 0.1) is 6.54 Å². The first kappa shape index (κ1) is 17.5. The predicted molar refractivity (Wildman–Crippen MR) is 98.2 cm³/mol. The lowest BCUT2D eigenvalue weighted by molar-refractivity contribution is -0.155. The van der Waals surface area contributed by atoms with Crippen LogP contribution < -0.4 is 0 Å². The van der Waals surface area contributed by atoms with E-state index in [2.05, 4.69) is 0 Å². The molecular formula is C20H21ClN2O2. The molecule has 0 bridgehead atoms. The van der Waals surface area contributed by atoms with Crippen LogP contribution in [-0.2, 0) is 22.6 Å². The third-order valence-corrected chi connectivity index (χ3v) is 4.96. The number of rotatable bonds is 5. The summed E-state index contributed by atoms with van der Waals surface area (Å²) < 4.78 is 0. The van der Waals surface area contributed by atoms with Crippen LogP contribution in [0.5, 0.6) is 0 Å². The van der Waals surface area contributed by atoms with Gasteiger partial charge in [-0.05, 0) is 30.5 Å². The van der Waals surface area contributed by atoms with Crippen LogP contribution in [0.2, 0.25) is 5.02 Å². The van der Waals surface area contributed by atoms with Gasteiger partial charge in [0, 0.05) is 18.1 Å². The van der Waals surface area contributed by atoms with Gasteiger partial charge in [0.15, 0.2) is 0 Å². The monoisotopic (exact) mass is 356 g/mol. The van der Waals surface area contributed by atoms with Crippen molar-refractivity contribution in [2.45, 2.75) is 25.9 Å². The molecule has 0 radical (unpaired) electrons. The summed E-state index contributed by atoms with van der Waals surface area (Å²) in [4.78, 5) is 28.5. The number of halogens is 1. The molecular weight excluding hydrogens is 336 g/mol. The Labute approximate surface area is 153 Å². The van der Waals surface area contributed by atoms with E-state index in [1.165, 1.54) is 0 Å². The summed E-state index contributed by atoms with van der Waals surface area (Å²) in [6.07, 6.45) is 0.747. The number of piperazine rings is 1. The van der Waals surface area contributed by atoms with Crippen LogP contribution in [0.1, 0.15) is 18.1 Å². The highest BCUT2D eigenvalue weighted by Crippen LogP contribution is 2.21. The first-order valence-corrected chi connectivity index (χ1v) is 8.79. The van der Waals surface area contributed by atoms with E-state index >= 15 is 0 Å². The van der Waals surface area contributed by atoms with Crippen molar-refractivity contribution in [2.75, 3.05) is 13.1 Å². The Morgan fingerprint density at radius 3 is 2.44 bits per heavy atom. The van der Waals surface area contributed by atoms with Gasteiger partial charge in [-0.2, -0.15) is 0 Å². The van der Waals surface area contributed by atoms with Gasteiger partial charge in [0.1, 0.15) is 6.04 Å². The van der Waals surface area contributed by atoms with Crippen molar-refractivity contribution < 1.29 is 9.59 Å². The van der Waals surface area contributed by atoms with Gasteiger partial charge in [-0.1, -0.05) is 60.1 Å². The molecule has 25 heavy (non-hydrogen) atoms. The van der Waals surface area contributed by atoms with Gasteiger partial charge in [-0.3, -0.25) is 9.59 Å². The second-order valence-electron chi connectivity index (χ2n) is 6.28. The molecule has 2 aromatic rings. The van der Waals surface area contributed by atoms with E-state index in [9.17, 15) is 9.59 Å². The van der Waals surface area contributed by atoms with Crippen LogP contribution in [0.25, 0.3) is 0 Å². The minimum atomic E-state index is -0.478. The number of amides is 2. The van der Waals surface area contributed by atoms with E-state index < -0.39 is 6.04 Å².